The number of pyridine rings is 1. The smallest absolute Gasteiger partial charge is 0.151 e. The predicted molar refractivity (Wildman–Crippen MR) is 90.2 cm³/mol. The van der Waals surface area contributed by atoms with Crippen LogP contribution in [0.5, 0.6) is 5.75 Å². The molecule has 4 heterocycles. The summed E-state index contributed by atoms with van der Waals surface area (Å²) in [6, 6.07) is 7.89. The summed E-state index contributed by atoms with van der Waals surface area (Å²) in [7, 11) is 0. The van der Waals surface area contributed by atoms with Gasteiger partial charge < -0.3 is 14.4 Å². The maximum Gasteiger partial charge on any atom is 0.151 e. The highest BCUT2D eigenvalue weighted by molar-refractivity contribution is 5.38. The molecule has 2 aromatic heterocycles. The minimum Gasteiger partial charge on any atom is -0.486 e. The molecule has 6 heteroatoms. The Morgan fingerprint density at radius 2 is 2.08 bits per heavy atom. The summed E-state index contributed by atoms with van der Waals surface area (Å²) in [5.41, 5.74) is 0.892. The van der Waals surface area contributed by atoms with Gasteiger partial charge in [-0.15, -0.1) is 5.10 Å². The van der Waals surface area contributed by atoms with Crippen LogP contribution in [0.4, 0.5) is 5.82 Å². The summed E-state index contributed by atoms with van der Waals surface area (Å²) in [6.45, 7) is 4.49. The van der Waals surface area contributed by atoms with E-state index in [0.717, 1.165) is 49.6 Å². The van der Waals surface area contributed by atoms with Crippen molar-refractivity contribution in [3.8, 4) is 5.75 Å². The molecule has 1 spiro atoms. The first-order valence-corrected chi connectivity index (χ1v) is 8.48. The molecule has 0 aromatic carbocycles. The Morgan fingerprint density at radius 1 is 1.21 bits per heavy atom. The maximum atomic E-state index is 6.16. The van der Waals surface area contributed by atoms with Crippen LogP contribution in [0.15, 0.2) is 36.7 Å². The molecule has 1 atom stereocenters. The molecule has 2 aliphatic rings. The Hall–Kier alpha value is -2.21. The van der Waals surface area contributed by atoms with E-state index in [-0.39, 0.29) is 11.7 Å². The lowest BCUT2D eigenvalue weighted by atomic mass is 9.88. The number of hydrogen-bond acceptors (Lipinski definition) is 6. The summed E-state index contributed by atoms with van der Waals surface area (Å²) in [4.78, 5) is 6.38. The van der Waals surface area contributed by atoms with Crippen molar-refractivity contribution in [2.45, 2.75) is 37.9 Å². The number of hydrogen-bond donors (Lipinski definition) is 0. The van der Waals surface area contributed by atoms with Crippen LogP contribution in [0.3, 0.4) is 0 Å². The molecule has 126 valence electrons. The van der Waals surface area contributed by atoms with Gasteiger partial charge in [0.1, 0.15) is 11.9 Å². The van der Waals surface area contributed by atoms with Crippen molar-refractivity contribution >= 4 is 5.82 Å². The topological polar surface area (TPSA) is 60.4 Å². The fourth-order valence-corrected chi connectivity index (χ4v) is 3.54. The molecule has 24 heavy (non-hydrogen) atoms. The number of aromatic nitrogens is 3. The molecular weight excluding hydrogens is 304 g/mol. The molecule has 0 unspecified atom stereocenters. The Labute approximate surface area is 141 Å². The zero-order chi connectivity index (χ0) is 16.4. The van der Waals surface area contributed by atoms with Crippen molar-refractivity contribution in [3.63, 3.8) is 0 Å². The van der Waals surface area contributed by atoms with E-state index < -0.39 is 0 Å². The fraction of sp³-hybridized carbons (Fsp3) is 0.500. The van der Waals surface area contributed by atoms with Gasteiger partial charge in [0.25, 0.3) is 0 Å². The molecule has 0 N–H and O–H groups in total. The van der Waals surface area contributed by atoms with Gasteiger partial charge in [-0.25, -0.2) is 0 Å². The average Bonchev–Trinajstić information content (AvgIpc) is 3.00. The largest absolute Gasteiger partial charge is 0.486 e. The zero-order valence-corrected chi connectivity index (χ0v) is 13.9. The Bertz CT molecular complexity index is 669. The number of nitrogens with zero attached hydrogens (tertiary/aromatic N) is 4. The lowest BCUT2D eigenvalue weighted by Gasteiger charge is -2.38. The molecule has 2 aromatic rings. The normalized spacial score (nSPS) is 22.7. The summed E-state index contributed by atoms with van der Waals surface area (Å²) in [6.07, 6.45) is 6.55. The molecular formula is C18H22N4O2. The van der Waals surface area contributed by atoms with Crippen LogP contribution in [-0.2, 0) is 4.74 Å². The van der Waals surface area contributed by atoms with Crippen LogP contribution < -0.4 is 9.64 Å². The second-order valence-electron chi connectivity index (χ2n) is 6.65. The third-order valence-electron chi connectivity index (χ3n) is 4.89. The number of piperidine rings is 1. The third kappa shape index (κ3) is 3.19. The molecule has 2 aliphatic heterocycles. The van der Waals surface area contributed by atoms with Crippen molar-refractivity contribution < 1.29 is 9.47 Å². The van der Waals surface area contributed by atoms with E-state index in [4.69, 9.17) is 9.47 Å². The standard InChI is InChI=1S/C18H22N4O2/c1-14-4-5-17(21-20-14)22-9-6-18(7-10-22)11-16(13-23-18)24-15-3-2-8-19-12-15/h2-5,8,12,16H,6-7,9-11,13H2,1H3/t16-/m0/s1. The van der Waals surface area contributed by atoms with Gasteiger partial charge in [0.15, 0.2) is 5.82 Å². The molecule has 0 amide bonds. The van der Waals surface area contributed by atoms with Crippen LogP contribution >= 0.6 is 0 Å². The molecule has 2 saturated heterocycles. The number of ether oxygens (including phenoxy) is 2. The molecule has 0 bridgehead atoms. The van der Waals surface area contributed by atoms with E-state index in [1.165, 1.54) is 0 Å². The van der Waals surface area contributed by atoms with E-state index in [0.29, 0.717) is 6.61 Å². The van der Waals surface area contributed by atoms with Crippen molar-refractivity contribution in [3.05, 3.63) is 42.4 Å². The quantitative estimate of drug-likeness (QED) is 0.863. The molecule has 0 aliphatic carbocycles. The van der Waals surface area contributed by atoms with Gasteiger partial charge in [0.05, 0.1) is 24.1 Å². The maximum absolute atomic E-state index is 6.16. The van der Waals surface area contributed by atoms with E-state index >= 15 is 0 Å². The van der Waals surface area contributed by atoms with Crippen LogP contribution in [0.2, 0.25) is 0 Å². The highest BCUT2D eigenvalue weighted by atomic mass is 16.6. The number of aryl methyl sites for hydroxylation is 1. The third-order valence-corrected chi connectivity index (χ3v) is 4.89. The summed E-state index contributed by atoms with van der Waals surface area (Å²) in [5, 5.41) is 8.44. The van der Waals surface area contributed by atoms with Gasteiger partial charge in [-0.05, 0) is 44.0 Å². The minimum atomic E-state index is -0.0541. The van der Waals surface area contributed by atoms with Gasteiger partial charge in [0.2, 0.25) is 0 Å². The molecule has 0 radical (unpaired) electrons. The average molecular weight is 326 g/mol. The van der Waals surface area contributed by atoms with Gasteiger partial charge >= 0.3 is 0 Å². The van der Waals surface area contributed by atoms with E-state index in [9.17, 15) is 0 Å². The zero-order valence-electron chi connectivity index (χ0n) is 13.9. The number of anilines is 1. The first kappa shape index (κ1) is 15.3. The van der Waals surface area contributed by atoms with Crippen molar-refractivity contribution in [1.82, 2.24) is 15.2 Å². The highest BCUT2D eigenvalue weighted by Gasteiger charge is 2.43. The molecule has 6 nitrogen and oxygen atoms in total. The minimum absolute atomic E-state index is 0.0541. The van der Waals surface area contributed by atoms with Gasteiger partial charge in [-0.3, -0.25) is 4.98 Å². The Kier molecular flexibility index (Phi) is 4.06. The van der Waals surface area contributed by atoms with Gasteiger partial charge in [-0.1, -0.05) is 0 Å². The van der Waals surface area contributed by atoms with Crippen LogP contribution in [0.1, 0.15) is 25.0 Å². The molecule has 2 fully saturated rings. The monoisotopic (exact) mass is 326 g/mol. The SMILES string of the molecule is Cc1ccc(N2CCC3(CC2)C[C@H](Oc2cccnc2)CO3)nn1. The number of rotatable bonds is 3. The lowest BCUT2D eigenvalue weighted by Crippen LogP contribution is -2.44. The van der Waals surface area contributed by atoms with E-state index in [1.54, 1.807) is 12.4 Å². The van der Waals surface area contributed by atoms with Crippen molar-refractivity contribution in [2.75, 3.05) is 24.6 Å². The second-order valence-corrected chi connectivity index (χ2v) is 6.65. The first-order chi connectivity index (χ1) is 11.7. The predicted octanol–water partition coefficient (Wildman–Crippen LogP) is 2.39. The lowest BCUT2D eigenvalue weighted by molar-refractivity contribution is -0.0163. The van der Waals surface area contributed by atoms with E-state index in [2.05, 4.69) is 20.1 Å². The fourth-order valence-electron chi connectivity index (χ4n) is 3.54. The van der Waals surface area contributed by atoms with Crippen LogP contribution in [-0.4, -0.2) is 46.6 Å². The summed E-state index contributed by atoms with van der Waals surface area (Å²) >= 11 is 0. The van der Waals surface area contributed by atoms with Gasteiger partial charge in [0, 0.05) is 25.7 Å². The Morgan fingerprint density at radius 3 is 2.79 bits per heavy atom. The van der Waals surface area contributed by atoms with E-state index in [1.807, 2.05) is 31.2 Å². The second kappa shape index (κ2) is 6.36. The summed E-state index contributed by atoms with van der Waals surface area (Å²) in [5.74, 6) is 1.77. The van der Waals surface area contributed by atoms with Crippen LogP contribution in [0, 0.1) is 6.92 Å². The van der Waals surface area contributed by atoms with Crippen molar-refractivity contribution in [2.24, 2.45) is 0 Å². The first-order valence-electron chi connectivity index (χ1n) is 8.48. The molecule has 4 rings (SSSR count). The summed E-state index contributed by atoms with van der Waals surface area (Å²) < 4.78 is 12.2. The molecule has 0 saturated carbocycles. The van der Waals surface area contributed by atoms with Crippen LogP contribution in [0.25, 0.3) is 0 Å². The van der Waals surface area contributed by atoms with Gasteiger partial charge in [-0.2, -0.15) is 5.10 Å². The van der Waals surface area contributed by atoms with Crippen molar-refractivity contribution in [1.29, 1.82) is 0 Å². The Balaban J connectivity index is 1.34. The highest BCUT2D eigenvalue weighted by Crippen LogP contribution is 2.38.